The van der Waals surface area contributed by atoms with Gasteiger partial charge in [0.15, 0.2) is 0 Å². The van der Waals surface area contributed by atoms with Gasteiger partial charge in [-0.1, -0.05) is 13.0 Å². The molecule has 9 nitrogen and oxygen atoms in total. The van der Waals surface area contributed by atoms with Crippen LogP contribution >= 0.6 is 0 Å². The summed E-state index contributed by atoms with van der Waals surface area (Å²) in [6.45, 7) is 13.2. The molecule has 2 N–H and O–H groups in total. The highest BCUT2D eigenvalue weighted by Crippen LogP contribution is 2.22. The van der Waals surface area contributed by atoms with E-state index >= 15 is 0 Å². The molecular weight excluding hydrogens is 402 g/mol. The summed E-state index contributed by atoms with van der Waals surface area (Å²) in [5.74, 6) is 0. The van der Waals surface area contributed by atoms with Gasteiger partial charge in [-0.2, -0.15) is 0 Å². The van der Waals surface area contributed by atoms with Gasteiger partial charge in [-0.15, -0.1) is 0 Å². The van der Waals surface area contributed by atoms with Crippen LogP contribution in [0, 0.1) is 10.1 Å². The molecule has 1 aromatic carbocycles. The summed E-state index contributed by atoms with van der Waals surface area (Å²) in [4.78, 5) is 18.1. The topological polar surface area (TPSA) is 106 Å². The highest BCUT2D eigenvalue weighted by Gasteiger charge is 2.21. The van der Waals surface area contributed by atoms with E-state index < -0.39 is 10.5 Å². The van der Waals surface area contributed by atoms with E-state index in [2.05, 4.69) is 5.48 Å². The number of nitro benzene ring substituents is 1. The van der Waals surface area contributed by atoms with Crippen molar-refractivity contribution in [2.45, 2.75) is 58.7 Å². The number of hydroxylamine groups is 1. The Morgan fingerprint density at radius 1 is 1.06 bits per heavy atom. The number of ether oxygens (including phenoxy) is 2. The molecule has 1 rings (SSSR count). The molecule has 0 bridgehead atoms. The standard InChI is InChI=1S/C22H39N3O6/c1-6-23-31-15-11-22(4,5)30-17-13-24(12-16-29-21(2,3)10-14-26)19-8-7-9-20(18-19)25(27)28/h7-9,18,23,26H,6,10-17H2,1-5H3. The van der Waals surface area contributed by atoms with Crippen LogP contribution in [0.25, 0.3) is 0 Å². The van der Waals surface area contributed by atoms with E-state index in [1.165, 1.54) is 6.07 Å². The Kier molecular flexibility index (Phi) is 12.0. The summed E-state index contributed by atoms with van der Waals surface area (Å²) in [7, 11) is 0. The van der Waals surface area contributed by atoms with Gasteiger partial charge in [-0.3, -0.25) is 10.1 Å². The lowest BCUT2D eigenvalue weighted by atomic mass is 10.1. The molecule has 31 heavy (non-hydrogen) atoms. The van der Waals surface area contributed by atoms with Crippen LogP contribution in [0.5, 0.6) is 0 Å². The summed E-state index contributed by atoms with van der Waals surface area (Å²) in [6, 6.07) is 6.57. The van der Waals surface area contributed by atoms with Gasteiger partial charge in [0.2, 0.25) is 0 Å². The first kappa shape index (κ1) is 27.3. The number of nitrogens with zero attached hydrogens (tertiary/aromatic N) is 2. The molecule has 0 aliphatic heterocycles. The van der Waals surface area contributed by atoms with Gasteiger partial charge in [0.05, 0.1) is 35.9 Å². The van der Waals surface area contributed by atoms with Gasteiger partial charge in [0, 0.05) is 50.5 Å². The molecule has 0 saturated carbocycles. The summed E-state index contributed by atoms with van der Waals surface area (Å²) < 4.78 is 12.0. The summed E-state index contributed by atoms with van der Waals surface area (Å²) >= 11 is 0. The Balaban J connectivity index is 2.72. The highest BCUT2D eigenvalue weighted by molar-refractivity contribution is 5.53. The number of hydrogen-bond acceptors (Lipinski definition) is 8. The average Bonchev–Trinajstić information content (AvgIpc) is 2.70. The number of aliphatic hydroxyl groups excluding tert-OH is 1. The minimum Gasteiger partial charge on any atom is -0.396 e. The zero-order chi connectivity index (χ0) is 23.3. The third-order valence-electron chi connectivity index (χ3n) is 4.88. The van der Waals surface area contributed by atoms with Crippen molar-refractivity contribution >= 4 is 11.4 Å². The number of aliphatic hydroxyl groups is 1. The molecule has 0 saturated heterocycles. The van der Waals surface area contributed by atoms with Gasteiger partial charge < -0.3 is 24.3 Å². The van der Waals surface area contributed by atoms with E-state index in [-0.39, 0.29) is 17.9 Å². The highest BCUT2D eigenvalue weighted by atomic mass is 16.6. The zero-order valence-corrected chi connectivity index (χ0v) is 19.6. The lowest BCUT2D eigenvalue weighted by Gasteiger charge is -2.31. The number of nitro groups is 1. The Hall–Kier alpha value is -1.78. The number of non-ortho nitro benzene ring substituents is 1. The van der Waals surface area contributed by atoms with Crippen LogP contribution in [0.15, 0.2) is 24.3 Å². The second-order valence-electron chi connectivity index (χ2n) is 8.55. The van der Waals surface area contributed by atoms with Crippen LogP contribution in [0.1, 0.15) is 47.5 Å². The Bertz CT molecular complexity index is 654. The normalized spacial score (nSPS) is 12.2. The van der Waals surface area contributed by atoms with Crippen LogP contribution in [-0.2, 0) is 14.3 Å². The van der Waals surface area contributed by atoms with Crippen molar-refractivity contribution in [2.24, 2.45) is 0 Å². The molecule has 0 radical (unpaired) electrons. The Labute approximate surface area is 185 Å². The van der Waals surface area contributed by atoms with Crippen LogP contribution in [0.3, 0.4) is 0 Å². The fourth-order valence-electron chi connectivity index (χ4n) is 2.92. The Morgan fingerprint density at radius 2 is 1.68 bits per heavy atom. The quantitative estimate of drug-likeness (QED) is 0.215. The molecule has 178 valence electrons. The maximum atomic E-state index is 11.2. The van der Waals surface area contributed by atoms with Crippen molar-refractivity contribution < 1.29 is 24.3 Å². The summed E-state index contributed by atoms with van der Waals surface area (Å²) in [6.07, 6.45) is 1.27. The molecule has 0 spiro atoms. The lowest BCUT2D eigenvalue weighted by Crippen LogP contribution is -2.37. The van der Waals surface area contributed by atoms with Crippen molar-refractivity contribution in [3.63, 3.8) is 0 Å². The van der Waals surface area contributed by atoms with E-state index in [0.29, 0.717) is 39.3 Å². The van der Waals surface area contributed by atoms with Crippen molar-refractivity contribution in [3.05, 3.63) is 34.4 Å². The second-order valence-corrected chi connectivity index (χ2v) is 8.55. The maximum absolute atomic E-state index is 11.2. The third-order valence-corrected chi connectivity index (χ3v) is 4.88. The first-order valence-corrected chi connectivity index (χ1v) is 10.8. The number of hydrogen-bond donors (Lipinski definition) is 2. The second kappa shape index (κ2) is 13.6. The van der Waals surface area contributed by atoms with Crippen molar-refractivity contribution in [1.82, 2.24) is 5.48 Å². The van der Waals surface area contributed by atoms with Crippen LogP contribution in [0.2, 0.25) is 0 Å². The van der Waals surface area contributed by atoms with Crippen molar-refractivity contribution in [2.75, 3.05) is 51.0 Å². The fourth-order valence-corrected chi connectivity index (χ4v) is 2.92. The molecule has 0 aromatic heterocycles. The van der Waals surface area contributed by atoms with Gasteiger partial charge in [0.25, 0.3) is 5.69 Å². The number of rotatable bonds is 17. The smallest absolute Gasteiger partial charge is 0.271 e. The molecule has 0 heterocycles. The van der Waals surface area contributed by atoms with Crippen molar-refractivity contribution in [1.29, 1.82) is 0 Å². The Morgan fingerprint density at radius 3 is 2.23 bits per heavy atom. The molecule has 0 aliphatic carbocycles. The van der Waals surface area contributed by atoms with Gasteiger partial charge >= 0.3 is 0 Å². The van der Waals surface area contributed by atoms with E-state index in [9.17, 15) is 15.2 Å². The largest absolute Gasteiger partial charge is 0.396 e. The molecular formula is C22H39N3O6. The van der Waals surface area contributed by atoms with Crippen LogP contribution in [-0.4, -0.2) is 67.3 Å². The van der Waals surface area contributed by atoms with E-state index in [1.54, 1.807) is 12.1 Å². The zero-order valence-electron chi connectivity index (χ0n) is 19.6. The molecule has 0 aliphatic rings. The third kappa shape index (κ3) is 11.4. The minimum atomic E-state index is -0.436. The molecule has 0 unspecified atom stereocenters. The van der Waals surface area contributed by atoms with E-state index in [4.69, 9.17) is 14.3 Å². The molecule has 0 amide bonds. The SMILES string of the molecule is CCNOCCC(C)(C)OCCN(CCOC(C)(C)CCO)c1cccc([N+](=O)[O-])c1. The minimum absolute atomic E-state index is 0.0471. The summed E-state index contributed by atoms with van der Waals surface area (Å²) in [5, 5.41) is 20.4. The van der Waals surface area contributed by atoms with Crippen molar-refractivity contribution in [3.8, 4) is 0 Å². The maximum Gasteiger partial charge on any atom is 0.271 e. The van der Waals surface area contributed by atoms with Gasteiger partial charge in [-0.05, 0) is 40.2 Å². The molecule has 0 atom stereocenters. The predicted octanol–water partition coefficient (Wildman–Crippen LogP) is 3.31. The number of nitrogens with one attached hydrogen (secondary N) is 1. The molecule has 0 fully saturated rings. The summed E-state index contributed by atoms with van der Waals surface area (Å²) in [5.41, 5.74) is 2.82. The van der Waals surface area contributed by atoms with Crippen LogP contribution in [0.4, 0.5) is 11.4 Å². The predicted molar refractivity (Wildman–Crippen MR) is 121 cm³/mol. The first-order valence-electron chi connectivity index (χ1n) is 10.8. The monoisotopic (exact) mass is 441 g/mol. The van der Waals surface area contributed by atoms with Gasteiger partial charge in [-0.25, -0.2) is 5.48 Å². The average molecular weight is 442 g/mol. The number of anilines is 1. The molecule has 1 aromatic rings. The first-order chi connectivity index (χ1) is 14.6. The van der Waals surface area contributed by atoms with E-state index in [0.717, 1.165) is 18.7 Å². The fraction of sp³-hybridized carbons (Fsp3) is 0.727. The molecule has 9 heteroatoms. The lowest BCUT2D eigenvalue weighted by molar-refractivity contribution is -0.384. The van der Waals surface area contributed by atoms with Gasteiger partial charge in [0.1, 0.15) is 0 Å². The van der Waals surface area contributed by atoms with Crippen LogP contribution < -0.4 is 10.4 Å². The van der Waals surface area contributed by atoms with E-state index in [1.807, 2.05) is 45.6 Å². The number of benzene rings is 1.